The van der Waals surface area contributed by atoms with Gasteiger partial charge in [-0.25, -0.2) is 8.70 Å². The molecule has 0 heterocycles. The fourth-order valence-electron chi connectivity index (χ4n) is 3.40. The summed E-state index contributed by atoms with van der Waals surface area (Å²) in [6, 6.07) is 11.4. The van der Waals surface area contributed by atoms with Crippen molar-refractivity contribution in [3.05, 3.63) is 59.9 Å². The predicted octanol–water partition coefficient (Wildman–Crippen LogP) is 2.78. The second kappa shape index (κ2) is 13.2. The molecule has 0 bridgehead atoms. The molecule has 0 aliphatic heterocycles. The van der Waals surface area contributed by atoms with E-state index in [2.05, 4.69) is 5.32 Å². The normalized spacial score (nSPS) is 12.2. The molecule has 2 amide bonds. The van der Waals surface area contributed by atoms with Gasteiger partial charge in [0.15, 0.2) is 0 Å². The Labute approximate surface area is 213 Å². The number of methoxy groups -OCH3 is 1. The van der Waals surface area contributed by atoms with Crippen molar-refractivity contribution < 1.29 is 27.1 Å². The molecule has 2 aromatic carbocycles. The number of anilines is 1. The Morgan fingerprint density at radius 3 is 2.28 bits per heavy atom. The van der Waals surface area contributed by atoms with Crippen LogP contribution < -0.4 is 14.4 Å². The highest BCUT2D eigenvalue weighted by Crippen LogP contribution is 2.24. The molecule has 0 aliphatic rings. The zero-order valence-corrected chi connectivity index (χ0v) is 22.2. The Hall–Kier alpha value is -3.18. The predicted molar refractivity (Wildman–Crippen MR) is 137 cm³/mol. The second-order valence-corrected chi connectivity index (χ2v) is 10.5. The molecule has 198 valence electrons. The van der Waals surface area contributed by atoms with E-state index in [1.54, 1.807) is 31.2 Å². The van der Waals surface area contributed by atoms with E-state index in [9.17, 15) is 22.4 Å². The lowest BCUT2D eigenvalue weighted by Crippen LogP contribution is -2.52. The number of halogens is 1. The van der Waals surface area contributed by atoms with Crippen LogP contribution in [0.15, 0.2) is 48.5 Å². The Bertz CT molecular complexity index is 1130. The van der Waals surface area contributed by atoms with E-state index in [0.717, 1.165) is 23.2 Å². The second-order valence-electron chi connectivity index (χ2n) is 8.44. The molecule has 0 saturated carbocycles. The molecule has 2 rings (SSSR count). The Kier molecular flexibility index (Phi) is 10.7. The maximum Gasteiger partial charge on any atom is 0.304 e. The average Bonchev–Trinajstić information content (AvgIpc) is 2.86. The van der Waals surface area contributed by atoms with Crippen LogP contribution >= 0.6 is 0 Å². The van der Waals surface area contributed by atoms with Gasteiger partial charge in [0.1, 0.15) is 24.2 Å². The molecular weight excluding hydrogens is 487 g/mol. The fourth-order valence-corrected chi connectivity index (χ4v) is 4.47. The van der Waals surface area contributed by atoms with Crippen molar-refractivity contribution in [2.45, 2.75) is 39.3 Å². The van der Waals surface area contributed by atoms with Crippen LogP contribution in [-0.4, -0.2) is 69.8 Å². The van der Waals surface area contributed by atoms with Gasteiger partial charge in [0.05, 0.1) is 12.8 Å². The third kappa shape index (κ3) is 7.41. The summed E-state index contributed by atoms with van der Waals surface area (Å²) in [5, 5.41) is 2.81. The van der Waals surface area contributed by atoms with Crippen molar-refractivity contribution in [3.63, 3.8) is 0 Å². The summed E-state index contributed by atoms with van der Waals surface area (Å²) >= 11 is 0. The first-order chi connectivity index (χ1) is 17.0. The number of ether oxygens (including phenoxy) is 1. The Balaban J connectivity index is 2.42. The van der Waals surface area contributed by atoms with Gasteiger partial charge in [-0.15, -0.1) is 0 Å². The van der Waals surface area contributed by atoms with E-state index in [4.69, 9.17) is 4.74 Å². The van der Waals surface area contributed by atoms with E-state index in [1.807, 2.05) is 6.92 Å². The minimum atomic E-state index is -4.23. The third-order valence-corrected chi connectivity index (χ3v) is 7.45. The van der Waals surface area contributed by atoms with Crippen molar-refractivity contribution in [2.75, 3.05) is 38.6 Å². The molecule has 0 spiro atoms. The van der Waals surface area contributed by atoms with Gasteiger partial charge in [0.25, 0.3) is 0 Å². The zero-order chi connectivity index (χ0) is 26.9. The summed E-state index contributed by atoms with van der Waals surface area (Å²) in [5.74, 6) is -1.18. The number of nitrogens with zero attached hydrogens (tertiary/aromatic N) is 3. The van der Waals surface area contributed by atoms with E-state index >= 15 is 0 Å². The first-order valence-electron chi connectivity index (χ1n) is 11.7. The van der Waals surface area contributed by atoms with Crippen LogP contribution in [-0.2, 0) is 26.3 Å². The lowest BCUT2D eigenvalue weighted by molar-refractivity contribution is -0.139. The number of hydrogen-bond acceptors (Lipinski definition) is 5. The van der Waals surface area contributed by atoms with Crippen LogP contribution in [0.25, 0.3) is 0 Å². The van der Waals surface area contributed by atoms with Crippen LogP contribution in [0, 0.1) is 5.82 Å². The summed E-state index contributed by atoms with van der Waals surface area (Å²) in [6.45, 7) is 3.39. The highest BCUT2D eigenvalue weighted by Gasteiger charge is 2.33. The summed E-state index contributed by atoms with van der Waals surface area (Å²) in [7, 11) is -0.0923. The number of hydrogen-bond donors (Lipinski definition) is 1. The van der Waals surface area contributed by atoms with Crippen LogP contribution in [0.4, 0.5) is 10.1 Å². The molecule has 0 aliphatic carbocycles. The number of rotatable bonds is 13. The molecule has 1 unspecified atom stereocenters. The van der Waals surface area contributed by atoms with Crippen molar-refractivity contribution in [1.82, 2.24) is 14.5 Å². The number of carbonyl (C=O) groups excluding carboxylic acids is 2. The number of amides is 2. The van der Waals surface area contributed by atoms with Gasteiger partial charge < -0.3 is 15.0 Å². The molecule has 11 heteroatoms. The smallest absolute Gasteiger partial charge is 0.304 e. The van der Waals surface area contributed by atoms with Gasteiger partial charge in [-0.1, -0.05) is 37.6 Å². The number of para-hydroxylation sites is 1. The lowest BCUT2D eigenvalue weighted by atomic mass is 10.1. The highest BCUT2D eigenvalue weighted by molar-refractivity contribution is 7.90. The molecule has 2 aromatic rings. The van der Waals surface area contributed by atoms with Crippen LogP contribution in [0.1, 0.15) is 32.3 Å². The fraction of sp³-hybridized carbons (Fsp3) is 0.440. The minimum Gasteiger partial charge on any atom is -0.497 e. The molecule has 0 saturated heterocycles. The largest absolute Gasteiger partial charge is 0.497 e. The van der Waals surface area contributed by atoms with Gasteiger partial charge in [-0.2, -0.15) is 12.7 Å². The van der Waals surface area contributed by atoms with E-state index < -0.39 is 34.5 Å². The maximum absolute atomic E-state index is 14.6. The first kappa shape index (κ1) is 29.1. The molecule has 36 heavy (non-hydrogen) atoms. The van der Waals surface area contributed by atoms with E-state index in [1.165, 1.54) is 44.3 Å². The number of unbranched alkanes of at least 4 members (excludes halogenated alkanes) is 1. The number of nitrogens with one attached hydrogen (secondary N) is 1. The monoisotopic (exact) mass is 522 g/mol. The number of carbonyl (C=O) groups is 2. The first-order valence-corrected chi connectivity index (χ1v) is 13.1. The third-order valence-electron chi connectivity index (χ3n) is 5.65. The van der Waals surface area contributed by atoms with Crippen LogP contribution in [0.3, 0.4) is 0 Å². The van der Waals surface area contributed by atoms with Gasteiger partial charge in [-0.3, -0.25) is 9.59 Å². The molecule has 1 N–H and O–H groups in total. The van der Waals surface area contributed by atoms with Gasteiger partial charge in [0, 0.05) is 27.2 Å². The van der Waals surface area contributed by atoms with Crippen LogP contribution in [0.2, 0.25) is 0 Å². The average molecular weight is 523 g/mol. The standard InChI is InChI=1S/C25H35FN4O5S/c1-6-7-16-27-25(32)19(2)29(17-20-12-14-21(35-5)15-13-20)24(31)18-30(36(33,34)28(3)4)23-11-9-8-10-22(23)26/h8-15,19H,6-7,16-18H2,1-5H3,(H,27,32). The molecule has 0 aromatic heterocycles. The molecule has 0 fully saturated rings. The minimum absolute atomic E-state index is 0.0400. The maximum atomic E-state index is 14.6. The van der Waals surface area contributed by atoms with Gasteiger partial charge in [-0.05, 0) is 43.2 Å². The van der Waals surface area contributed by atoms with E-state index in [0.29, 0.717) is 22.2 Å². The quantitative estimate of drug-likeness (QED) is 0.408. The van der Waals surface area contributed by atoms with Crippen molar-refractivity contribution in [2.24, 2.45) is 0 Å². The Morgan fingerprint density at radius 2 is 1.72 bits per heavy atom. The van der Waals surface area contributed by atoms with Crippen molar-refractivity contribution in [1.29, 1.82) is 0 Å². The zero-order valence-electron chi connectivity index (χ0n) is 21.4. The lowest BCUT2D eigenvalue weighted by Gasteiger charge is -2.33. The molecular formula is C25H35FN4O5S. The van der Waals surface area contributed by atoms with E-state index in [-0.39, 0.29) is 18.1 Å². The highest BCUT2D eigenvalue weighted by atomic mass is 32.2. The van der Waals surface area contributed by atoms with Gasteiger partial charge >= 0.3 is 10.2 Å². The number of benzene rings is 2. The molecule has 0 radical (unpaired) electrons. The van der Waals surface area contributed by atoms with Crippen molar-refractivity contribution >= 4 is 27.7 Å². The summed E-state index contributed by atoms with van der Waals surface area (Å²) in [4.78, 5) is 27.7. The summed E-state index contributed by atoms with van der Waals surface area (Å²) in [5.41, 5.74) is 0.453. The summed E-state index contributed by atoms with van der Waals surface area (Å²) < 4.78 is 47.6. The summed E-state index contributed by atoms with van der Waals surface area (Å²) in [6.07, 6.45) is 1.68. The SMILES string of the molecule is CCCCNC(=O)C(C)N(Cc1ccc(OC)cc1)C(=O)CN(c1ccccc1F)S(=O)(=O)N(C)C. The molecule has 1 atom stereocenters. The van der Waals surface area contributed by atoms with Crippen LogP contribution in [0.5, 0.6) is 5.75 Å². The van der Waals surface area contributed by atoms with Gasteiger partial charge in [0.2, 0.25) is 11.8 Å². The molecule has 9 nitrogen and oxygen atoms in total. The van der Waals surface area contributed by atoms with Crippen molar-refractivity contribution in [3.8, 4) is 5.75 Å². The Morgan fingerprint density at radius 1 is 1.08 bits per heavy atom. The topological polar surface area (TPSA) is 99.3 Å².